The molecule has 0 saturated carbocycles. The smallest absolute Gasteiger partial charge is 0.332 e. The molecule has 1 N–H and O–H groups in total. The first-order valence-corrected chi connectivity index (χ1v) is 9.24. The third-order valence-corrected chi connectivity index (χ3v) is 5.00. The summed E-state index contributed by atoms with van der Waals surface area (Å²) in [6, 6.07) is 7.74. The average molecular weight is 395 g/mol. The van der Waals surface area contributed by atoms with E-state index in [-0.39, 0.29) is 24.3 Å². The monoisotopic (exact) mass is 395 g/mol. The second-order valence-corrected chi connectivity index (χ2v) is 6.80. The van der Waals surface area contributed by atoms with Gasteiger partial charge in [0.25, 0.3) is 5.56 Å². The van der Waals surface area contributed by atoms with Gasteiger partial charge in [0, 0.05) is 20.6 Å². The first-order valence-electron chi connectivity index (χ1n) is 9.24. The number of fused-ring (bicyclic) bond motifs is 2. The fraction of sp³-hybridized carbons (Fsp3) is 0.316. The van der Waals surface area contributed by atoms with Crippen molar-refractivity contribution in [3.63, 3.8) is 0 Å². The highest BCUT2D eigenvalue weighted by molar-refractivity contribution is 5.78. The van der Waals surface area contributed by atoms with E-state index >= 15 is 0 Å². The number of hydrogen-bond donors (Lipinski definition) is 1. The number of nitrogens with one attached hydrogen (secondary N) is 1. The number of imidazole rings is 2. The Labute approximate surface area is 165 Å². The van der Waals surface area contributed by atoms with E-state index in [0.29, 0.717) is 12.4 Å². The third-order valence-electron chi connectivity index (χ3n) is 5.00. The van der Waals surface area contributed by atoms with Crippen molar-refractivity contribution in [2.24, 2.45) is 14.1 Å². The van der Waals surface area contributed by atoms with Gasteiger partial charge >= 0.3 is 5.69 Å². The van der Waals surface area contributed by atoms with Crippen LogP contribution in [0.1, 0.15) is 12.7 Å². The van der Waals surface area contributed by atoms with Gasteiger partial charge in [0.05, 0.1) is 23.9 Å². The van der Waals surface area contributed by atoms with Crippen LogP contribution in [0, 0.1) is 0 Å². The molecule has 150 valence electrons. The molecule has 10 nitrogen and oxygen atoms in total. The summed E-state index contributed by atoms with van der Waals surface area (Å²) in [4.78, 5) is 46.4. The van der Waals surface area contributed by atoms with Gasteiger partial charge in [-0.05, 0) is 19.1 Å². The van der Waals surface area contributed by atoms with Gasteiger partial charge in [-0.15, -0.1) is 0 Å². The number of para-hydroxylation sites is 2. The number of hydrogen-bond acceptors (Lipinski definition) is 5. The van der Waals surface area contributed by atoms with Crippen LogP contribution in [0.2, 0.25) is 0 Å². The molecule has 0 fully saturated rings. The summed E-state index contributed by atoms with van der Waals surface area (Å²) < 4.78 is 5.74. The Bertz CT molecular complexity index is 1360. The van der Waals surface area contributed by atoms with Gasteiger partial charge in [-0.1, -0.05) is 12.1 Å². The summed E-state index contributed by atoms with van der Waals surface area (Å²) in [5, 5.41) is 2.76. The van der Waals surface area contributed by atoms with Crippen LogP contribution in [0.4, 0.5) is 0 Å². The molecule has 29 heavy (non-hydrogen) atoms. The van der Waals surface area contributed by atoms with E-state index in [1.165, 1.54) is 22.5 Å². The molecule has 3 heterocycles. The van der Waals surface area contributed by atoms with E-state index in [2.05, 4.69) is 15.3 Å². The Morgan fingerprint density at radius 2 is 1.90 bits per heavy atom. The Kier molecular flexibility index (Phi) is 4.53. The van der Waals surface area contributed by atoms with E-state index in [1.807, 2.05) is 35.8 Å². The topological polar surface area (TPSA) is 109 Å². The van der Waals surface area contributed by atoms with Crippen molar-refractivity contribution in [2.75, 3.05) is 0 Å². The van der Waals surface area contributed by atoms with Crippen LogP contribution in [0.3, 0.4) is 0 Å². The molecule has 4 aromatic rings. The molecule has 4 rings (SSSR count). The minimum absolute atomic E-state index is 0.199. The van der Waals surface area contributed by atoms with Crippen LogP contribution in [-0.4, -0.2) is 34.1 Å². The number of benzene rings is 1. The number of carbonyl (C=O) groups is 1. The van der Waals surface area contributed by atoms with Crippen molar-refractivity contribution in [2.45, 2.75) is 26.6 Å². The maximum atomic E-state index is 12.7. The molecule has 0 aliphatic heterocycles. The van der Waals surface area contributed by atoms with Crippen LogP contribution in [-0.2, 0) is 38.5 Å². The number of aryl methyl sites for hydroxylation is 3. The standard InChI is InChI=1S/C19H21N7O3/c1-4-25-13-8-6-5-7-12(13)22-14(25)9-20-15(27)10-26-18(28)16-17(21-11-23(16)2)24(3)19(26)29/h5-8,11H,4,9-10H2,1-3H3,(H,20,27). The Hall–Kier alpha value is -3.69. The first kappa shape index (κ1) is 18.7. The summed E-state index contributed by atoms with van der Waals surface area (Å²) in [7, 11) is 3.19. The number of carbonyl (C=O) groups excluding carboxylic acids is 1. The predicted octanol–water partition coefficient (Wildman–Crippen LogP) is 0.120. The van der Waals surface area contributed by atoms with Crippen LogP contribution >= 0.6 is 0 Å². The zero-order valence-corrected chi connectivity index (χ0v) is 16.4. The van der Waals surface area contributed by atoms with E-state index in [9.17, 15) is 14.4 Å². The number of rotatable bonds is 5. The molecule has 0 radical (unpaired) electrons. The fourth-order valence-electron chi connectivity index (χ4n) is 3.53. The van der Waals surface area contributed by atoms with Crippen molar-refractivity contribution in [1.29, 1.82) is 0 Å². The van der Waals surface area contributed by atoms with E-state index in [0.717, 1.165) is 15.6 Å². The largest absolute Gasteiger partial charge is 0.347 e. The van der Waals surface area contributed by atoms with Gasteiger partial charge in [-0.25, -0.2) is 19.3 Å². The quantitative estimate of drug-likeness (QED) is 0.516. The maximum absolute atomic E-state index is 12.7. The van der Waals surface area contributed by atoms with E-state index in [1.54, 1.807) is 7.05 Å². The lowest BCUT2D eigenvalue weighted by atomic mass is 10.3. The molecule has 1 amide bonds. The molecule has 1 aromatic carbocycles. The van der Waals surface area contributed by atoms with E-state index < -0.39 is 17.2 Å². The molecule has 0 aliphatic carbocycles. The van der Waals surface area contributed by atoms with Gasteiger partial charge in [-0.3, -0.25) is 14.2 Å². The van der Waals surface area contributed by atoms with Crippen molar-refractivity contribution < 1.29 is 4.79 Å². The second-order valence-electron chi connectivity index (χ2n) is 6.80. The number of aromatic nitrogens is 6. The summed E-state index contributed by atoms with van der Waals surface area (Å²) in [6.07, 6.45) is 1.46. The average Bonchev–Trinajstić information content (AvgIpc) is 3.28. The Morgan fingerprint density at radius 3 is 2.66 bits per heavy atom. The lowest BCUT2D eigenvalue weighted by molar-refractivity contribution is -0.122. The zero-order valence-electron chi connectivity index (χ0n) is 16.4. The van der Waals surface area contributed by atoms with Crippen molar-refractivity contribution in [3.05, 3.63) is 57.3 Å². The molecule has 10 heteroatoms. The number of nitrogens with zero attached hydrogens (tertiary/aromatic N) is 6. The summed E-state index contributed by atoms with van der Waals surface area (Å²) in [5.74, 6) is 0.268. The molecule has 3 aromatic heterocycles. The first-order chi connectivity index (χ1) is 13.9. The van der Waals surface area contributed by atoms with Crippen molar-refractivity contribution in [1.82, 2.24) is 33.6 Å². The minimum Gasteiger partial charge on any atom is -0.347 e. The van der Waals surface area contributed by atoms with Gasteiger partial charge < -0.3 is 14.5 Å². The Morgan fingerprint density at radius 1 is 1.14 bits per heavy atom. The summed E-state index contributed by atoms with van der Waals surface area (Å²) in [5.41, 5.74) is 1.27. The van der Waals surface area contributed by atoms with Crippen LogP contribution in [0.25, 0.3) is 22.2 Å². The van der Waals surface area contributed by atoms with E-state index in [4.69, 9.17) is 0 Å². The van der Waals surface area contributed by atoms with Crippen molar-refractivity contribution in [3.8, 4) is 0 Å². The van der Waals surface area contributed by atoms with Gasteiger partial charge in [0.2, 0.25) is 5.91 Å². The van der Waals surface area contributed by atoms with Gasteiger partial charge in [0.1, 0.15) is 12.4 Å². The highest BCUT2D eigenvalue weighted by atomic mass is 16.2. The summed E-state index contributed by atoms with van der Waals surface area (Å²) >= 11 is 0. The molecular weight excluding hydrogens is 374 g/mol. The lowest BCUT2D eigenvalue weighted by Crippen LogP contribution is -2.43. The molecule has 0 saturated heterocycles. The predicted molar refractivity (Wildman–Crippen MR) is 107 cm³/mol. The summed E-state index contributed by atoms with van der Waals surface area (Å²) in [6.45, 7) is 2.54. The number of amides is 1. The minimum atomic E-state index is -0.586. The molecule has 0 atom stereocenters. The zero-order chi connectivity index (χ0) is 20.7. The third kappa shape index (κ3) is 3.02. The van der Waals surface area contributed by atoms with Crippen LogP contribution in [0.5, 0.6) is 0 Å². The second kappa shape index (κ2) is 7.04. The van der Waals surface area contributed by atoms with Crippen molar-refractivity contribution >= 4 is 28.1 Å². The van der Waals surface area contributed by atoms with Crippen LogP contribution < -0.4 is 16.6 Å². The molecule has 0 aliphatic rings. The molecular formula is C19H21N7O3. The highest BCUT2D eigenvalue weighted by Gasteiger charge is 2.17. The maximum Gasteiger partial charge on any atom is 0.332 e. The normalized spacial score (nSPS) is 11.4. The SMILES string of the molecule is CCn1c(CNC(=O)Cn2c(=O)c3c(ncn3C)n(C)c2=O)nc2ccccc21. The highest BCUT2D eigenvalue weighted by Crippen LogP contribution is 2.15. The van der Waals surface area contributed by atoms with Gasteiger partial charge in [0.15, 0.2) is 11.2 Å². The molecule has 0 unspecified atom stereocenters. The fourth-order valence-corrected chi connectivity index (χ4v) is 3.53. The molecule has 0 bridgehead atoms. The molecule has 0 spiro atoms. The van der Waals surface area contributed by atoms with Gasteiger partial charge in [-0.2, -0.15) is 0 Å². The lowest BCUT2D eigenvalue weighted by Gasteiger charge is -2.10. The Balaban J connectivity index is 1.59. The van der Waals surface area contributed by atoms with Crippen LogP contribution in [0.15, 0.2) is 40.2 Å².